The van der Waals surface area contributed by atoms with Crippen molar-refractivity contribution < 1.29 is 19.7 Å². The Labute approximate surface area is 106 Å². The highest BCUT2D eigenvalue weighted by atomic mass is 16.5. The topological polar surface area (TPSA) is 78.8 Å². The predicted molar refractivity (Wildman–Crippen MR) is 67.8 cm³/mol. The summed E-state index contributed by atoms with van der Waals surface area (Å²) in [4.78, 5) is 10.7. The third kappa shape index (κ3) is 4.35. The molecule has 100 valence electrons. The SMILES string of the molecule is COc1ccc(CCNCC(C)(O)C(=O)O)cc1. The molecule has 1 unspecified atom stereocenters. The minimum Gasteiger partial charge on any atom is -0.497 e. The van der Waals surface area contributed by atoms with Crippen LogP contribution in [0.2, 0.25) is 0 Å². The maximum absolute atomic E-state index is 10.7. The van der Waals surface area contributed by atoms with E-state index >= 15 is 0 Å². The monoisotopic (exact) mass is 253 g/mol. The van der Waals surface area contributed by atoms with Gasteiger partial charge in [0.1, 0.15) is 5.75 Å². The van der Waals surface area contributed by atoms with Crippen molar-refractivity contribution in [3.63, 3.8) is 0 Å². The molecule has 0 heterocycles. The molecule has 1 aromatic carbocycles. The average molecular weight is 253 g/mol. The molecule has 5 nitrogen and oxygen atoms in total. The van der Waals surface area contributed by atoms with E-state index in [-0.39, 0.29) is 6.54 Å². The van der Waals surface area contributed by atoms with Gasteiger partial charge < -0.3 is 20.3 Å². The number of benzene rings is 1. The zero-order valence-electron chi connectivity index (χ0n) is 10.6. The van der Waals surface area contributed by atoms with E-state index in [1.54, 1.807) is 7.11 Å². The predicted octanol–water partition coefficient (Wildman–Crippen LogP) is 0.663. The number of methoxy groups -OCH3 is 1. The molecule has 0 bridgehead atoms. The summed E-state index contributed by atoms with van der Waals surface area (Å²) in [5.41, 5.74) is -0.599. The molecule has 0 fully saturated rings. The van der Waals surface area contributed by atoms with Crippen LogP contribution in [0.4, 0.5) is 0 Å². The van der Waals surface area contributed by atoms with E-state index in [0.29, 0.717) is 6.54 Å². The smallest absolute Gasteiger partial charge is 0.336 e. The maximum Gasteiger partial charge on any atom is 0.336 e. The molecule has 18 heavy (non-hydrogen) atoms. The molecule has 0 aliphatic heterocycles. The van der Waals surface area contributed by atoms with Gasteiger partial charge in [-0.05, 0) is 37.6 Å². The first-order chi connectivity index (χ1) is 8.45. The van der Waals surface area contributed by atoms with Gasteiger partial charge in [0.25, 0.3) is 0 Å². The molecule has 3 N–H and O–H groups in total. The Balaban J connectivity index is 2.31. The van der Waals surface area contributed by atoms with E-state index in [2.05, 4.69) is 5.32 Å². The number of rotatable bonds is 7. The van der Waals surface area contributed by atoms with Crippen LogP contribution < -0.4 is 10.1 Å². The fourth-order valence-corrected chi connectivity index (χ4v) is 1.43. The van der Waals surface area contributed by atoms with Gasteiger partial charge in [0.2, 0.25) is 0 Å². The van der Waals surface area contributed by atoms with Gasteiger partial charge in [0.15, 0.2) is 5.60 Å². The molecule has 0 radical (unpaired) electrons. The lowest BCUT2D eigenvalue weighted by Gasteiger charge is -2.18. The first kappa shape index (κ1) is 14.5. The summed E-state index contributed by atoms with van der Waals surface area (Å²) in [6, 6.07) is 7.66. The fraction of sp³-hybridized carbons (Fsp3) is 0.462. The van der Waals surface area contributed by atoms with E-state index in [0.717, 1.165) is 17.7 Å². The molecule has 5 heteroatoms. The van der Waals surface area contributed by atoms with Crippen LogP contribution in [0.3, 0.4) is 0 Å². The van der Waals surface area contributed by atoms with Crippen LogP contribution in [0.15, 0.2) is 24.3 Å². The van der Waals surface area contributed by atoms with Gasteiger partial charge in [0, 0.05) is 6.54 Å². The number of carbonyl (C=O) groups is 1. The fourth-order valence-electron chi connectivity index (χ4n) is 1.43. The summed E-state index contributed by atoms with van der Waals surface area (Å²) in [5.74, 6) is -0.417. The summed E-state index contributed by atoms with van der Waals surface area (Å²) in [7, 11) is 1.62. The summed E-state index contributed by atoms with van der Waals surface area (Å²) in [5, 5.41) is 21.1. The van der Waals surface area contributed by atoms with Crippen LogP contribution in [-0.4, -0.2) is 42.0 Å². The first-order valence-electron chi connectivity index (χ1n) is 5.75. The largest absolute Gasteiger partial charge is 0.497 e. The van der Waals surface area contributed by atoms with Gasteiger partial charge >= 0.3 is 5.97 Å². The second-order valence-corrected chi connectivity index (χ2v) is 4.35. The molecule has 0 spiro atoms. The first-order valence-corrected chi connectivity index (χ1v) is 5.75. The maximum atomic E-state index is 10.7. The van der Waals surface area contributed by atoms with Crippen LogP contribution in [0, 0.1) is 0 Å². The van der Waals surface area contributed by atoms with Gasteiger partial charge in [-0.1, -0.05) is 12.1 Å². The normalized spacial score (nSPS) is 13.9. The van der Waals surface area contributed by atoms with Crippen molar-refractivity contribution in [3.05, 3.63) is 29.8 Å². The van der Waals surface area contributed by atoms with Gasteiger partial charge in [-0.3, -0.25) is 0 Å². The second-order valence-electron chi connectivity index (χ2n) is 4.35. The number of carboxylic acid groups (broad SMARTS) is 1. The number of hydrogen-bond acceptors (Lipinski definition) is 4. The molecule has 0 aliphatic carbocycles. The molecule has 1 rings (SSSR count). The molecule has 1 aromatic rings. The van der Waals surface area contributed by atoms with Crippen molar-refractivity contribution in [2.75, 3.05) is 20.2 Å². The van der Waals surface area contributed by atoms with E-state index in [9.17, 15) is 9.90 Å². The van der Waals surface area contributed by atoms with Crippen LogP contribution in [0.5, 0.6) is 5.75 Å². The molecular weight excluding hydrogens is 234 g/mol. The quantitative estimate of drug-likeness (QED) is 0.622. The standard InChI is InChI=1S/C13H19NO4/c1-13(17,12(15)16)9-14-8-7-10-3-5-11(18-2)6-4-10/h3-6,14,17H,7-9H2,1-2H3,(H,15,16). The van der Waals surface area contributed by atoms with Crippen molar-refractivity contribution in [3.8, 4) is 5.75 Å². The Morgan fingerprint density at radius 2 is 2.00 bits per heavy atom. The number of hydrogen-bond donors (Lipinski definition) is 3. The third-order valence-electron chi connectivity index (χ3n) is 2.68. The second kappa shape index (κ2) is 6.37. The van der Waals surface area contributed by atoms with E-state index in [1.165, 1.54) is 6.92 Å². The van der Waals surface area contributed by atoms with Crippen molar-refractivity contribution >= 4 is 5.97 Å². The lowest BCUT2D eigenvalue weighted by Crippen LogP contribution is -2.45. The highest BCUT2D eigenvalue weighted by Gasteiger charge is 2.28. The lowest BCUT2D eigenvalue weighted by molar-refractivity contribution is -0.156. The van der Waals surface area contributed by atoms with E-state index < -0.39 is 11.6 Å². The summed E-state index contributed by atoms with van der Waals surface area (Å²) < 4.78 is 5.05. The highest BCUT2D eigenvalue weighted by molar-refractivity contribution is 5.76. The molecule has 0 saturated heterocycles. The minimum atomic E-state index is -1.72. The summed E-state index contributed by atoms with van der Waals surface area (Å²) in [6.45, 7) is 1.91. The molecule has 0 aromatic heterocycles. The molecule has 1 atom stereocenters. The van der Waals surface area contributed by atoms with Crippen molar-refractivity contribution in [1.82, 2.24) is 5.32 Å². The minimum absolute atomic E-state index is 0.0263. The third-order valence-corrected chi connectivity index (χ3v) is 2.68. The lowest BCUT2D eigenvalue weighted by atomic mass is 10.1. The van der Waals surface area contributed by atoms with Gasteiger partial charge in [0.05, 0.1) is 7.11 Å². The van der Waals surface area contributed by atoms with Crippen molar-refractivity contribution in [2.24, 2.45) is 0 Å². The van der Waals surface area contributed by atoms with Crippen molar-refractivity contribution in [1.29, 1.82) is 0 Å². The Kier molecular flexibility index (Phi) is 5.12. The van der Waals surface area contributed by atoms with E-state index in [4.69, 9.17) is 9.84 Å². The van der Waals surface area contributed by atoms with Crippen LogP contribution >= 0.6 is 0 Å². The molecular formula is C13H19NO4. The molecule has 0 amide bonds. The van der Waals surface area contributed by atoms with Crippen LogP contribution in [0.1, 0.15) is 12.5 Å². The Morgan fingerprint density at radius 3 is 2.50 bits per heavy atom. The Hall–Kier alpha value is -1.59. The zero-order chi connectivity index (χ0) is 13.6. The van der Waals surface area contributed by atoms with Crippen molar-refractivity contribution in [2.45, 2.75) is 18.9 Å². The van der Waals surface area contributed by atoms with Gasteiger partial charge in [-0.2, -0.15) is 0 Å². The Bertz CT molecular complexity index is 386. The molecule has 0 saturated carbocycles. The van der Waals surface area contributed by atoms with Crippen LogP contribution in [0.25, 0.3) is 0 Å². The number of aliphatic carboxylic acids is 1. The van der Waals surface area contributed by atoms with Gasteiger partial charge in [-0.25, -0.2) is 4.79 Å². The Morgan fingerprint density at radius 1 is 1.39 bits per heavy atom. The number of aliphatic hydroxyl groups is 1. The van der Waals surface area contributed by atoms with Crippen LogP contribution in [-0.2, 0) is 11.2 Å². The number of carboxylic acids is 1. The number of nitrogens with one attached hydrogen (secondary N) is 1. The van der Waals surface area contributed by atoms with E-state index in [1.807, 2.05) is 24.3 Å². The highest BCUT2D eigenvalue weighted by Crippen LogP contribution is 2.11. The number of ether oxygens (including phenoxy) is 1. The summed E-state index contributed by atoms with van der Waals surface area (Å²) >= 11 is 0. The zero-order valence-corrected chi connectivity index (χ0v) is 10.6. The van der Waals surface area contributed by atoms with Gasteiger partial charge in [-0.15, -0.1) is 0 Å². The summed E-state index contributed by atoms with van der Waals surface area (Å²) in [6.07, 6.45) is 0.764. The molecule has 0 aliphatic rings. The average Bonchev–Trinajstić information content (AvgIpc) is 2.35.